The lowest BCUT2D eigenvalue weighted by Crippen LogP contribution is -2.32. The maximum absolute atomic E-state index is 12.6. The number of amides is 2. The maximum Gasteiger partial charge on any atom is 0.265 e. The Morgan fingerprint density at radius 3 is 2.33 bits per heavy atom. The zero-order chi connectivity index (χ0) is 24.0. The van der Waals surface area contributed by atoms with Crippen molar-refractivity contribution in [2.24, 2.45) is 0 Å². The third-order valence-corrected chi connectivity index (χ3v) is 6.12. The van der Waals surface area contributed by atoms with Crippen LogP contribution >= 0.6 is 11.6 Å². The number of nitrogens with one attached hydrogen (secondary N) is 2. The van der Waals surface area contributed by atoms with Gasteiger partial charge in [0.2, 0.25) is 0 Å². The summed E-state index contributed by atoms with van der Waals surface area (Å²) in [6.45, 7) is 1.84. The van der Waals surface area contributed by atoms with Gasteiger partial charge in [-0.05, 0) is 55.0 Å². The van der Waals surface area contributed by atoms with Crippen molar-refractivity contribution in [1.82, 2.24) is 0 Å². The third-order valence-electron chi connectivity index (χ3n) is 4.69. The molecule has 172 valence electrons. The highest BCUT2D eigenvalue weighted by atomic mass is 35.5. The van der Waals surface area contributed by atoms with Crippen LogP contribution in [0.25, 0.3) is 0 Å². The van der Waals surface area contributed by atoms with Gasteiger partial charge in [-0.1, -0.05) is 42.8 Å². The monoisotopic (exact) mass is 486 g/mol. The molecule has 1 atom stereocenters. The minimum atomic E-state index is -3.44. The first-order valence-electron chi connectivity index (χ1n) is 10.1. The standard InChI is InChI=1S/C24H23ClN2O5S/c1-3-22(32-18-9-5-4-6-10-18)24(29)26-17-12-13-21(20(25)15-17)27-23(28)16-8-7-11-19(14-16)33(2,30)31/h4-15,22H,3H2,1-2H3,(H,26,29)(H,27,28). The summed E-state index contributed by atoms with van der Waals surface area (Å²) < 4.78 is 29.2. The summed E-state index contributed by atoms with van der Waals surface area (Å²) in [5, 5.41) is 5.62. The number of ether oxygens (including phenoxy) is 1. The molecule has 3 rings (SSSR count). The van der Waals surface area contributed by atoms with E-state index < -0.39 is 21.8 Å². The molecule has 0 aromatic heterocycles. The molecular weight excluding hydrogens is 464 g/mol. The highest BCUT2D eigenvalue weighted by Gasteiger charge is 2.19. The predicted octanol–water partition coefficient (Wildman–Crippen LogP) is 4.79. The number of carbonyl (C=O) groups excluding carboxylic acids is 2. The molecule has 7 nitrogen and oxygen atoms in total. The Bertz CT molecular complexity index is 1260. The second kappa shape index (κ2) is 10.5. The zero-order valence-electron chi connectivity index (χ0n) is 18.0. The van der Waals surface area contributed by atoms with Crippen molar-refractivity contribution in [3.8, 4) is 5.75 Å². The number of anilines is 2. The van der Waals surface area contributed by atoms with E-state index in [0.717, 1.165) is 6.26 Å². The summed E-state index contributed by atoms with van der Waals surface area (Å²) >= 11 is 6.30. The zero-order valence-corrected chi connectivity index (χ0v) is 19.6. The molecule has 0 saturated carbocycles. The van der Waals surface area contributed by atoms with Crippen LogP contribution in [0.2, 0.25) is 5.02 Å². The SMILES string of the molecule is CCC(Oc1ccccc1)C(=O)Nc1ccc(NC(=O)c2cccc(S(C)(=O)=O)c2)c(Cl)c1. The third kappa shape index (κ3) is 6.57. The number of halogens is 1. The normalized spacial score (nSPS) is 12.0. The van der Waals surface area contributed by atoms with Gasteiger partial charge in [-0.2, -0.15) is 0 Å². The van der Waals surface area contributed by atoms with Gasteiger partial charge >= 0.3 is 0 Å². The lowest BCUT2D eigenvalue weighted by atomic mass is 10.2. The van der Waals surface area contributed by atoms with Crippen LogP contribution in [0.4, 0.5) is 11.4 Å². The number of para-hydroxylation sites is 1. The first-order chi connectivity index (χ1) is 15.7. The van der Waals surface area contributed by atoms with Crippen LogP contribution in [-0.2, 0) is 14.6 Å². The van der Waals surface area contributed by atoms with Crippen molar-refractivity contribution >= 4 is 44.6 Å². The first-order valence-corrected chi connectivity index (χ1v) is 12.4. The van der Waals surface area contributed by atoms with E-state index in [-0.39, 0.29) is 21.4 Å². The van der Waals surface area contributed by atoms with Crippen LogP contribution in [0.3, 0.4) is 0 Å². The molecule has 2 N–H and O–H groups in total. The molecule has 9 heteroatoms. The fourth-order valence-corrected chi connectivity index (χ4v) is 3.86. The molecular formula is C24H23ClN2O5S. The fraction of sp³-hybridized carbons (Fsp3) is 0.167. The van der Waals surface area contributed by atoms with Crippen molar-refractivity contribution in [2.75, 3.05) is 16.9 Å². The van der Waals surface area contributed by atoms with E-state index in [1.165, 1.54) is 30.3 Å². The van der Waals surface area contributed by atoms with E-state index in [9.17, 15) is 18.0 Å². The molecule has 33 heavy (non-hydrogen) atoms. The molecule has 0 radical (unpaired) electrons. The number of hydrogen-bond donors (Lipinski definition) is 2. The Morgan fingerprint density at radius 2 is 1.70 bits per heavy atom. The molecule has 0 aliphatic carbocycles. The predicted molar refractivity (Wildman–Crippen MR) is 129 cm³/mol. The average Bonchev–Trinajstić information content (AvgIpc) is 2.79. The van der Waals surface area contributed by atoms with Gasteiger partial charge in [-0.25, -0.2) is 8.42 Å². The van der Waals surface area contributed by atoms with Crippen molar-refractivity contribution in [2.45, 2.75) is 24.3 Å². The summed E-state index contributed by atoms with van der Waals surface area (Å²) in [6, 6.07) is 19.4. The van der Waals surface area contributed by atoms with Crippen LogP contribution in [0, 0.1) is 0 Å². The molecule has 0 fully saturated rings. The fourth-order valence-electron chi connectivity index (χ4n) is 2.97. The van der Waals surface area contributed by atoms with Gasteiger partial charge < -0.3 is 15.4 Å². The van der Waals surface area contributed by atoms with E-state index in [1.54, 1.807) is 24.3 Å². The highest BCUT2D eigenvalue weighted by molar-refractivity contribution is 7.90. The number of rotatable bonds is 8. The van der Waals surface area contributed by atoms with Crippen molar-refractivity contribution in [1.29, 1.82) is 0 Å². The van der Waals surface area contributed by atoms with E-state index in [1.807, 2.05) is 25.1 Å². The van der Waals surface area contributed by atoms with Gasteiger partial charge in [0.15, 0.2) is 15.9 Å². The number of benzene rings is 3. The summed E-state index contributed by atoms with van der Waals surface area (Å²) in [5.74, 6) is -0.246. The highest BCUT2D eigenvalue weighted by Crippen LogP contribution is 2.27. The topological polar surface area (TPSA) is 102 Å². The number of sulfone groups is 1. The molecule has 0 heterocycles. The maximum atomic E-state index is 12.6. The van der Waals surface area contributed by atoms with Crippen LogP contribution in [0.15, 0.2) is 77.7 Å². The van der Waals surface area contributed by atoms with Gasteiger partial charge in [0.05, 0.1) is 15.6 Å². The van der Waals surface area contributed by atoms with E-state index >= 15 is 0 Å². The Balaban J connectivity index is 1.68. The molecule has 0 bridgehead atoms. The molecule has 0 spiro atoms. The van der Waals surface area contributed by atoms with Crippen LogP contribution < -0.4 is 15.4 Å². The lowest BCUT2D eigenvalue weighted by Gasteiger charge is -2.17. The van der Waals surface area contributed by atoms with Gasteiger partial charge in [0.25, 0.3) is 11.8 Å². The minimum absolute atomic E-state index is 0.0440. The second-order valence-corrected chi connectivity index (χ2v) is 9.69. The van der Waals surface area contributed by atoms with Gasteiger partial charge in [-0.3, -0.25) is 9.59 Å². The second-order valence-electron chi connectivity index (χ2n) is 7.27. The van der Waals surface area contributed by atoms with Crippen LogP contribution in [0.5, 0.6) is 5.75 Å². The van der Waals surface area contributed by atoms with Crippen molar-refractivity contribution in [3.05, 3.63) is 83.4 Å². The molecule has 1 unspecified atom stereocenters. The number of hydrogen-bond acceptors (Lipinski definition) is 5. The molecule has 3 aromatic carbocycles. The van der Waals surface area contributed by atoms with Crippen molar-refractivity contribution in [3.63, 3.8) is 0 Å². The minimum Gasteiger partial charge on any atom is -0.481 e. The van der Waals surface area contributed by atoms with Crippen LogP contribution in [-0.4, -0.2) is 32.6 Å². The molecule has 0 aliphatic rings. The summed E-state index contributed by atoms with van der Waals surface area (Å²) in [6.07, 6.45) is 0.851. The summed E-state index contributed by atoms with van der Waals surface area (Å²) in [5.41, 5.74) is 0.935. The van der Waals surface area contributed by atoms with E-state index in [2.05, 4.69) is 10.6 Å². The molecule has 3 aromatic rings. The quantitative estimate of drug-likeness (QED) is 0.476. The van der Waals surface area contributed by atoms with Crippen molar-refractivity contribution < 1.29 is 22.7 Å². The largest absolute Gasteiger partial charge is 0.481 e. The molecule has 0 aliphatic heterocycles. The summed E-state index contributed by atoms with van der Waals surface area (Å²) in [7, 11) is -3.44. The number of carbonyl (C=O) groups is 2. The summed E-state index contributed by atoms with van der Waals surface area (Å²) in [4.78, 5) is 25.2. The van der Waals surface area contributed by atoms with Gasteiger partial charge in [0.1, 0.15) is 5.75 Å². The first kappa shape index (κ1) is 24.3. The van der Waals surface area contributed by atoms with E-state index in [0.29, 0.717) is 23.5 Å². The smallest absolute Gasteiger partial charge is 0.265 e. The Hall–Kier alpha value is -3.36. The van der Waals surface area contributed by atoms with Gasteiger partial charge in [-0.15, -0.1) is 0 Å². The Morgan fingerprint density at radius 1 is 0.970 bits per heavy atom. The lowest BCUT2D eigenvalue weighted by molar-refractivity contribution is -0.122. The van der Waals surface area contributed by atoms with E-state index in [4.69, 9.17) is 16.3 Å². The molecule has 2 amide bonds. The Kier molecular flexibility index (Phi) is 7.73. The average molecular weight is 487 g/mol. The van der Waals surface area contributed by atoms with Gasteiger partial charge in [0, 0.05) is 17.5 Å². The molecule has 0 saturated heterocycles. The van der Waals surface area contributed by atoms with Crippen LogP contribution in [0.1, 0.15) is 23.7 Å². The Labute approximate surface area is 197 Å².